The molecule has 1 aromatic carbocycles. The lowest BCUT2D eigenvalue weighted by Gasteiger charge is -2.07. The Morgan fingerprint density at radius 1 is 1.22 bits per heavy atom. The average molecular weight is 395 g/mol. The Labute approximate surface area is 157 Å². The lowest BCUT2D eigenvalue weighted by Crippen LogP contribution is -2.27. The second kappa shape index (κ2) is 9.17. The van der Waals surface area contributed by atoms with Crippen LogP contribution in [0.3, 0.4) is 0 Å². The summed E-state index contributed by atoms with van der Waals surface area (Å²) in [6, 6.07) is 9.68. The molecule has 1 amide bonds. The Morgan fingerprint density at radius 3 is 2.74 bits per heavy atom. The molecule has 2 heterocycles. The van der Waals surface area contributed by atoms with Crippen LogP contribution in [0, 0.1) is 0 Å². The molecule has 3 rings (SSSR count). The van der Waals surface area contributed by atoms with E-state index in [1.54, 1.807) is 24.3 Å². The molecule has 1 N–H and O–H groups in total. The zero-order chi connectivity index (χ0) is 19.1. The SMILES string of the molecule is O=C(CSc1nnc(-c2ccco2)o1)NCCc1ccc(OC(F)F)cc1. The molecule has 7 nitrogen and oxygen atoms in total. The quantitative estimate of drug-likeness (QED) is 0.556. The highest BCUT2D eigenvalue weighted by atomic mass is 32.2. The van der Waals surface area contributed by atoms with Gasteiger partial charge in [0.1, 0.15) is 5.75 Å². The molecule has 3 aromatic rings. The van der Waals surface area contributed by atoms with Crippen LogP contribution in [-0.2, 0) is 11.2 Å². The number of hydrogen-bond donors (Lipinski definition) is 1. The van der Waals surface area contributed by atoms with Crippen LogP contribution in [-0.4, -0.2) is 35.0 Å². The normalized spacial score (nSPS) is 10.9. The summed E-state index contributed by atoms with van der Waals surface area (Å²) < 4.78 is 39.0. The number of alkyl halides is 2. The van der Waals surface area contributed by atoms with Crippen LogP contribution in [0.25, 0.3) is 11.7 Å². The van der Waals surface area contributed by atoms with Crippen LogP contribution in [0.5, 0.6) is 5.75 Å². The molecule has 0 aliphatic heterocycles. The molecule has 0 bridgehead atoms. The number of benzene rings is 1. The number of rotatable bonds is 9. The number of aromatic nitrogens is 2. The van der Waals surface area contributed by atoms with Gasteiger partial charge in [-0.25, -0.2) is 0 Å². The van der Waals surface area contributed by atoms with E-state index in [0.29, 0.717) is 18.7 Å². The lowest BCUT2D eigenvalue weighted by atomic mass is 10.1. The lowest BCUT2D eigenvalue weighted by molar-refractivity contribution is -0.118. The Morgan fingerprint density at radius 2 is 2.04 bits per heavy atom. The highest BCUT2D eigenvalue weighted by molar-refractivity contribution is 7.99. The molecule has 27 heavy (non-hydrogen) atoms. The maximum Gasteiger partial charge on any atom is 0.387 e. The van der Waals surface area contributed by atoms with E-state index >= 15 is 0 Å². The number of furan rings is 1. The Balaban J connectivity index is 1.37. The molecular weight excluding hydrogens is 380 g/mol. The van der Waals surface area contributed by atoms with Crippen molar-refractivity contribution in [2.24, 2.45) is 0 Å². The molecule has 0 aliphatic carbocycles. The van der Waals surface area contributed by atoms with E-state index in [1.165, 1.54) is 18.4 Å². The third-order valence-electron chi connectivity index (χ3n) is 3.35. The van der Waals surface area contributed by atoms with Crippen LogP contribution >= 0.6 is 11.8 Å². The van der Waals surface area contributed by atoms with Gasteiger partial charge in [0.05, 0.1) is 12.0 Å². The number of nitrogens with zero attached hydrogens (tertiary/aromatic N) is 2. The summed E-state index contributed by atoms with van der Waals surface area (Å²) in [7, 11) is 0. The largest absolute Gasteiger partial charge is 0.459 e. The number of hydrogen-bond acceptors (Lipinski definition) is 7. The van der Waals surface area contributed by atoms with Gasteiger partial charge in [-0.2, -0.15) is 8.78 Å². The standard InChI is InChI=1S/C17H15F2N3O4S/c18-16(19)25-12-5-3-11(4-6-12)7-8-20-14(23)10-27-17-22-21-15(26-17)13-2-1-9-24-13/h1-6,9,16H,7-8,10H2,(H,20,23). The summed E-state index contributed by atoms with van der Waals surface area (Å²) >= 11 is 1.12. The van der Waals surface area contributed by atoms with Crippen LogP contribution in [0.2, 0.25) is 0 Å². The van der Waals surface area contributed by atoms with Crippen LogP contribution in [0.15, 0.2) is 56.7 Å². The van der Waals surface area contributed by atoms with Crippen molar-refractivity contribution in [2.75, 3.05) is 12.3 Å². The van der Waals surface area contributed by atoms with Gasteiger partial charge < -0.3 is 18.9 Å². The molecule has 10 heteroatoms. The van der Waals surface area contributed by atoms with Crippen LogP contribution in [0.4, 0.5) is 8.78 Å². The van der Waals surface area contributed by atoms with Crippen LogP contribution < -0.4 is 10.1 Å². The topological polar surface area (TPSA) is 90.4 Å². The first-order chi connectivity index (χ1) is 13.1. The Bertz CT molecular complexity index is 853. The summed E-state index contributed by atoms with van der Waals surface area (Å²) in [6.07, 6.45) is 2.06. The van der Waals surface area contributed by atoms with Gasteiger partial charge in [-0.05, 0) is 36.2 Å². The highest BCUT2D eigenvalue weighted by Gasteiger charge is 2.12. The predicted octanol–water partition coefficient (Wildman–Crippen LogP) is 3.38. The first kappa shape index (κ1) is 18.9. The molecular formula is C17H15F2N3O4S. The number of ether oxygens (including phenoxy) is 1. The number of carbonyl (C=O) groups is 1. The van der Waals surface area contributed by atoms with Gasteiger partial charge in [-0.1, -0.05) is 23.9 Å². The smallest absolute Gasteiger partial charge is 0.387 e. The van der Waals surface area contributed by atoms with E-state index in [4.69, 9.17) is 8.83 Å². The average Bonchev–Trinajstić information content (AvgIpc) is 3.32. The third kappa shape index (κ3) is 5.81. The van der Waals surface area contributed by atoms with Crippen molar-refractivity contribution in [1.82, 2.24) is 15.5 Å². The van der Waals surface area contributed by atoms with Crippen molar-refractivity contribution < 1.29 is 27.1 Å². The molecule has 0 fully saturated rings. The molecule has 0 saturated heterocycles. The van der Waals surface area contributed by atoms with Crippen LogP contribution in [0.1, 0.15) is 5.56 Å². The molecule has 2 aromatic heterocycles. The van der Waals surface area contributed by atoms with Crippen molar-refractivity contribution in [3.8, 4) is 17.4 Å². The minimum absolute atomic E-state index is 0.0997. The Kier molecular flexibility index (Phi) is 6.42. The molecule has 0 aliphatic rings. The second-order valence-electron chi connectivity index (χ2n) is 5.26. The summed E-state index contributed by atoms with van der Waals surface area (Å²) in [4.78, 5) is 11.9. The number of nitrogens with one attached hydrogen (secondary N) is 1. The minimum Gasteiger partial charge on any atom is -0.459 e. The fourth-order valence-corrected chi connectivity index (χ4v) is 2.72. The van der Waals surface area contributed by atoms with Gasteiger partial charge in [0.15, 0.2) is 5.76 Å². The van der Waals surface area contributed by atoms with Gasteiger partial charge in [0, 0.05) is 6.54 Å². The summed E-state index contributed by atoms with van der Waals surface area (Å²) in [5.41, 5.74) is 0.893. The Hall–Kier alpha value is -2.88. The van der Waals surface area contributed by atoms with Crippen molar-refractivity contribution in [1.29, 1.82) is 0 Å². The first-order valence-corrected chi connectivity index (χ1v) is 8.89. The van der Waals surface area contributed by atoms with Gasteiger partial charge in [0.25, 0.3) is 11.1 Å². The number of halogens is 2. The van der Waals surface area contributed by atoms with E-state index in [-0.39, 0.29) is 28.5 Å². The van der Waals surface area contributed by atoms with E-state index in [1.807, 2.05) is 0 Å². The maximum atomic E-state index is 12.1. The zero-order valence-electron chi connectivity index (χ0n) is 13.9. The second-order valence-corrected chi connectivity index (χ2v) is 6.19. The molecule has 142 valence electrons. The van der Waals surface area contributed by atoms with E-state index in [0.717, 1.165) is 17.3 Å². The monoisotopic (exact) mass is 395 g/mol. The van der Waals surface area contributed by atoms with Gasteiger partial charge in [-0.3, -0.25) is 4.79 Å². The molecule has 0 unspecified atom stereocenters. The van der Waals surface area contributed by atoms with E-state index in [9.17, 15) is 13.6 Å². The van der Waals surface area contributed by atoms with Gasteiger partial charge in [-0.15, -0.1) is 10.2 Å². The zero-order valence-corrected chi connectivity index (χ0v) is 14.7. The first-order valence-electron chi connectivity index (χ1n) is 7.91. The van der Waals surface area contributed by atoms with Crippen molar-refractivity contribution in [3.05, 3.63) is 48.2 Å². The van der Waals surface area contributed by atoms with Gasteiger partial charge >= 0.3 is 6.61 Å². The number of carbonyl (C=O) groups excluding carboxylic acids is 1. The predicted molar refractivity (Wildman–Crippen MR) is 92.5 cm³/mol. The summed E-state index contributed by atoms with van der Waals surface area (Å²) in [5.74, 6) is 0.755. The van der Waals surface area contributed by atoms with Crippen molar-refractivity contribution >= 4 is 17.7 Å². The fourth-order valence-electron chi connectivity index (χ4n) is 2.13. The molecule has 0 radical (unpaired) electrons. The molecule has 0 saturated carbocycles. The number of thioether (sulfide) groups is 1. The summed E-state index contributed by atoms with van der Waals surface area (Å²) in [5, 5.41) is 10.7. The van der Waals surface area contributed by atoms with Gasteiger partial charge in [0.2, 0.25) is 5.91 Å². The summed E-state index contributed by atoms with van der Waals surface area (Å²) in [6.45, 7) is -2.43. The fraction of sp³-hybridized carbons (Fsp3) is 0.235. The maximum absolute atomic E-state index is 12.1. The number of amides is 1. The molecule has 0 spiro atoms. The van der Waals surface area contributed by atoms with Crippen molar-refractivity contribution in [3.63, 3.8) is 0 Å². The van der Waals surface area contributed by atoms with E-state index in [2.05, 4.69) is 20.3 Å². The minimum atomic E-state index is -2.85. The van der Waals surface area contributed by atoms with Crippen molar-refractivity contribution in [2.45, 2.75) is 18.3 Å². The third-order valence-corrected chi connectivity index (χ3v) is 4.17. The highest BCUT2D eigenvalue weighted by Crippen LogP contribution is 2.23. The van der Waals surface area contributed by atoms with E-state index < -0.39 is 6.61 Å². The molecule has 0 atom stereocenters.